The first kappa shape index (κ1) is 15.0. The molecule has 2 rings (SSSR count). The zero-order chi connectivity index (χ0) is 14.5. The fraction of sp³-hybridized carbons (Fsp3) is 0.786. The van der Waals surface area contributed by atoms with Crippen LogP contribution in [-0.4, -0.2) is 27.8 Å². The van der Waals surface area contributed by atoms with E-state index in [1.54, 1.807) is 0 Å². The second-order valence-electron chi connectivity index (χ2n) is 5.43. The van der Waals surface area contributed by atoms with Crippen LogP contribution in [0.5, 0.6) is 0 Å². The predicted octanol–water partition coefficient (Wildman–Crippen LogP) is 2.31. The lowest BCUT2D eigenvalue weighted by molar-refractivity contribution is -0.386. The molecular weight excluding hydrogens is 256 g/mol. The first-order valence-corrected chi connectivity index (χ1v) is 7.61. The van der Waals surface area contributed by atoms with Crippen molar-refractivity contribution < 1.29 is 4.92 Å². The van der Waals surface area contributed by atoms with Crippen molar-refractivity contribution in [3.05, 3.63) is 21.5 Å². The maximum atomic E-state index is 11.2. The number of piperidine rings is 1. The van der Waals surface area contributed by atoms with Crippen molar-refractivity contribution in [1.29, 1.82) is 0 Å². The highest BCUT2D eigenvalue weighted by molar-refractivity contribution is 5.41. The molecule has 6 nitrogen and oxygen atoms in total. The van der Waals surface area contributed by atoms with Gasteiger partial charge in [0.15, 0.2) is 0 Å². The third kappa shape index (κ3) is 3.17. The normalized spacial score (nSPS) is 19.2. The number of hydrogen-bond acceptors (Lipinski definition) is 4. The minimum absolute atomic E-state index is 0.233. The van der Waals surface area contributed by atoms with Gasteiger partial charge in [-0.25, -0.2) is 0 Å². The second-order valence-corrected chi connectivity index (χ2v) is 5.43. The molecule has 0 spiro atoms. The summed E-state index contributed by atoms with van der Waals surface area (Å²) in [5, 5.41) is 19.1. The molecule has 0 aromatic carbocycles. The van der Waals surface area contributed by atoms with Crippen LogP contribution in [0.25, 0.3) is 0 Å². The molecule has 1 fully saturated rings. The minimum atomic E-state index is -0.274. The molecule has 1 aromatic heterocycles. The quantitative estimate of drug-likeness (QED) is 0.641. The van der Waals surface area contributed by atoms with E-state index in [0.29, 0.717) is 24.5 Å². The fourth-order valence-electron chi connectivity index (χ4n) is 3.00. The zero-order valence-corrected chi connectivity index (χ0v) is 12.4. The molecule has 1 atom stereocenters. The Morgan fingerprint density at radius 2 is 2.25 bits per heavy atom. The van der Waals surface area contributed by atoms with Gasteiger partial charge in [0.05, 0.1) is 4.92 Å². The van der Waals surface area contributed by atoms with Crippen molar-refractivity contribution in [2.24, 2.45) is 5.92 Å². The molecule has 112 valence electrons. The molecule has 1 N–H and O–H groups in total. The summed E-state index contributed by atoms with van der Waals surface area (Å²) in [6.07, 6.45) is 4.79. The average Bonchev–Trinajstić information content (AvgIpc) is 2.84. The Bertz CT molecular complexity index is 464. The minimum Gasteiger partial charge on any atom is -0.316 e. The van der Waals surface area contributed by atoms with E-state index in [1.165, 1.54) is 12.8 Å². The molecule has 1 aliphatic rings. The van der Waals surface area contributed by atoms with Crippen LogP contribution in [0.2, 0.25) is 0 Å². The number of nitrogens with one attached hydrogen (secondary N) is 1. The largest absolute Gasteiger partial charge is 0.316 e. The van der Waals surface area contributed by atoms with E-state index in [-0.39, 0.29) is 10.6 Å². The van der Waals surface area contributed by atoms with Gasteiger partial charge in [0.2, 0.25) is 0 Å². The number of nitro groups is 1. The average molecular weight is 280 g/mol. The Kier molecular flexibility index (Phi) is 5.11. The molecule has 6 heteroatoms. The number of aromatic nitrogens is 2. The molecule has 2 heterocycles. The summed E-state index contributed by atoms with van der Waals surface area (Å²) in [7, 11) is 0. The number of rotatable bonds is 6. The summed E-state index contributed by atoms with van der Waals surface area (Å²) in [5.41, 5.74) is 1.63. The summed E-state index contributed by atoms with van der Waals surface area (Å²) >= 11 is 0. The maximum Gasteiger partial charge on any atom is 0.313 e. The highest BCUT2D eigenvalue weighted by Gasteiger charge is 2.25. The maximum absolute atomic E-state index is 11.2. The zero-order valence-electron chi connectivity index (χ0n) is 12.4. The van der Waals surface area contributed by atoms with Gasteiger partial charge in [-0.2, -0.15) is 5.10 Å². The van der Waals surface area contributed by atoms with Gasteiger partial charge in [-0.05, 0) is 51.1 Å². The van der Waals surface area contributed by atoms with Crippen LogP contribution in [0.4, 0.5) is 5.69 Å². The Morgan fingerprint density at radius 1 is 1.45 bits per heavy atom. The summed E-state index contributed by atoms with van der Waals surface area (Å²) < 4.78 is 1.87. The Labute approximate surface area is 119 Å². The van der Waals surface area contributed by atoms with E-state index in [2.05, 4.69) is 10.4 Å². The molecule has 0 saturated carbocycles. The van der Waals surface area contributed by atoms with Crippen LogP contribution in [0.1, 0.15) is 44.5 Å². The van der Waals surface area contributed by atoms with Crippen molar-refractivity contribution in [3.63, 3.8) is 0 Å². The molecule has 1 aromatic rings. The van der Waals surface area contributed by atoms with Crippen LogP contribution in [0, 0.1) is 16.0 Å². The molecule has 0 bridgehead atoms. The summed E-state index contributed by atoms with van der Waals surface area (Å²) in [5.74, 6) is 0.668. The predicted molar refractivity (Wildman–Crippen MR) is 77.8 cm³/mol. The van der Waals surface area contributed by atoms with Gasteiger partial charge in [-0.1, -0.05) is 13.8 Å². The number of hydrogen-bond donors (Lipinski definition) is 1. The Balaban J connectivity index is 2.12. The highest BCUT2D eigenvalue weighted by atomic mass is 16.6. The molecule has 1 unspecified atom stereocenters. The van der Waals surface area contributed by atoms with E-state index in [1.807, 2.05) is 18.5 Å². The molecule has 0 radical (unpaired) electrons. The second kappa shape index (κ2) is 6.83. The fourth-order valence-corrected chi connectivity index (χ4v) is 3.00. The molecule has 1 aliphatic heterocycles. The SMILES string of the molecule is CCc1nn(CCC2CCCNC2)c(CC)c1[N+](=O)[O-]. The van der Waals surface area contributed by atoms with E-state index in [0.717, 1.165) is 31.7 Å². The van der Waals surface area contributed by atoms with E-state index in [4.69, 9.17) is 0 Å². The lowest BCUT2D eigenvalue weighted by Crippen LogP contribution is -2.30. The van der Waals surface area contributed by atoms with Gasteiger partial charge in [0.1, 0.15) is 11.4 Å². The summed E-state index contributed by atoms with van der Waals surface area (Å²) in [6, 6.07) is 0. The molecule has 20 heavy (non-hydrogen) atoms. The van der Waals surface area contributed by atoms with Crippen LogP contribution < -0.4 is 5.32 Å². The van der Waals surface area contributed by atoms with E-state index in [9.17, 15) is 10.1 Å². The smallest absolute Gasteiger partial charge is 0.313 e. The van der Waals surface area contributed by atoms with Crippen LogP contribution in [0.3, 0.4) is 0 Å². The third-order valence-electron chi connectivity index (χ3n) is 4.10. The van der Waals surface area contributed by atoms with Crippen molar-refractivity contribution >= 4 is 5.69 Å². The topological polar surface area (TPSA) is 73.0 Å². The van der Waals surface area contributed by atoms with Crippen LogP contribution >= 0.6 is 0 Å². The Hall–Kier alpha value is -1.43. The Morgan fingerprint density at radius 3 is 2.80 bits per heavy atom. The standard InChI is InChI=1S/C14H24N4O2/c1-3-12-14(18(19)20)13(4-2)17(16-12)9-7-11-6-5-8-15-10-11/h11,15H,3-10H2,1-2H3. The van der Waals surface area contributed by atoms with Crippen molar-refractivity contribution in [2.75, 3.05) is 13.1 Å². The summed E-state index contributed by atoms with van der Waals surface area (Å²) in [4.78, 5) is 10.9. The summed E-state index contributed by atoms with van der Waals surface area (Å²) in [6.45, 7) is 6.85. The third-order valence-corrected chi connectivity index (χ3v) is 4.10. The molecule has 0 aliphatic carbocycles. The van der Waals surface area contributed by atoms with Gasteiger partial charge in [0.25, 0.3) is 0 Å². The van der Waals surface area contributed by atoms with E-state index < -0.39 is 0 Å². The van der Waals surface area contributed by atoms with Crippen molar-refractivity contribution in [1.82, 2.24) is 15.1 Å². The molecule has 0 amide bonds. The van der Waals surface area contributed by atoms with Gasteiger partial charge >= 0.3 is 5.69 Å². The van der Waals surface area contributed by atoms with Crippen molar-refractivity contribution in [3.8, 4) is 0 Å². The first-order chi connectivity index (χ1) is 9.67. The van der Waals surface area contributed by atoms with Crippen molar-refractivity contribution in [2.45, 2.75) is 52.5 Å². The molecule has 1 saturated heterocycles. The van der Waals surface area contributed by atoms with E-state index >= 15 is 0 Å². The lowest BCUT2D eigenvalue weighted by atomic mass is 9.96. The van der Waals surface area contributed by atoms with Gasteiger partial charge in [-0.15, -0.1) is 0 Å². The monoisotopic (exact) mass is 280 g/mol. The van der Waals surface area contributed by atoms with Crippen LogP contribution in [0.15, 0.2) is 0 Å². The highest BCUT2D eigenvalue weighted by Crippen LogP contribution is 2.25. The number of nitrogens with zero attached hydrogens (tertiary/aromatic N) is 3. The first-order valence-electron chi connectivity index (χ1n) is 7.61. The van der Waals surface area contributed by atoms with Gasteiger partial charge < -0.3 is 5.32 Å². The van der Waals surface area contributed by atoms with Gasteiger partial charge in [0, 0.05) is 6.54 Å². The van der Waals surface area contributed by atoms with Gasteiger partial charge in [-0.3, -0.25) is 14.8 Å². The number of aryl methyl sites for hydroxylation is 2. The van der Waals surface area contributed by atoms with Crippen LogP contribution in [-0.2, 0) is 19.4 Å². The lowest BCUT2D eigenvalue weighted by Gasteiger charge is -2.22. The molecular formula is C14H24N4O2.